The van der Waals surface area contributed by atoms with E-state index in [1.165, 1.54) is 13.0 Å². The van der Waals surface area contributed by atoms with Crippen LogP contribution in [-0.2, 0) is 18.0 Å². The molecule has 0 radical (unpaired) electrons. The van der Waals surface area contributed by atoms with E-state index >= 15 is 0 Å². The molecule has 4 rings (SSSR count). The summed E-state index contributed by atoms with van der Waals surface area (Å²) in [5.74, 6) is 0.985. The van der Waals surface area contributed by atoms with E-state index < -0.39 is 5.63 Å². The van der Waals surface area contributed by atoms with Gasteiger partial charge in [0.05, 0.1) is 6.61 Å². The zero-order valence-corrected chi connectivity index (χ0v) is 16.0. The number of rotatable bonds is 4. The molecule has 0 saturated heterocycles. The second kappa shape index (κ2) is 7.17. The molecule has 0 saturated carbocycles. The van der Waals surface area contributed by atoms with Gasteiger partial charge in [0, 0.05) is 27.1 Å². The van der Waals surface area contributed by atoms with Crippen LogP contribution < -0.4 is 15.1 Å². The van der Waals surface area contributed by atoms with Crippen molar-refractivity contribution in [3.05, 3.63) is 68.0 Å². The highest BCUT2D eigenvalue weighted by Gasteiger charge is 2.17. The molecule has 138 valence electrons. The quantitative estimate of drug-likeness (QED) is 0.455. The molecular formula is C20H15BrO6. The third-order valence-corrected chi connectivity index (χ3v) is 4.69. The SMILES string of the molecule is CC(=O)c1cc2ccc(OCc3cc(Br)cc4c3OCOC4)cc2oc1=O. The summed E-state index contributed by atoms with van der Waals surface area (Å²) in [6.45, 7) is 2.31. The summed E-state index contributed by atoms with van der Waals surface area (Å²) >= 11 is 3.48. The molecule has 2 heterocycles. The first-order valence-electron chi connectivity index (χ1n) is 8.25. The molecule has 1 aliphatic rings. The van der Waals surface area contributed by atoms with Gasteiger partial charge >= 0.3 is 5.63 Å². The first-order valence-corrected chi connectivity index (χ1v) is 9.04. The van der Waals surface area contributed by atoms with E-state index in [9.17, 15) is 9.59 Å². The Bertz CT molecular complexity index is 1100. The molecule has 0 atom stereocenters. The van der Waals surface area contributed by atoms with Gasteiger partial charge < -0.3 is 18.6 Å². The Morgan fingerprint density at radius 1 is 1.22 bits per heavy atom. The second-order valence-electron chi connectivity index (χ2n) is 6.16. The average molecular weight is 431 g/mol. The fourth-order valence-corrected chi connectivity index (χ4v) is 3.50. The predicted molar refractivity (Wildman–Crippen MR) is 101 cm³/mol. The molecule has 7 heteroatoms. The van der Waals surface area contributed by atoms with Gasteiger partial charge in [-0.15, -0.1) is 0 Å². The van der Waals surface area contributed by atoms with Crippen molar-refractivity contribution in [2.24, 2.45) is 0 Å². The molecular weight excluding hydrogens is 416 g/mol. The highest BCUT2D eigenvalue weighted by atomic mass is 79.9. The number of hydrogen-bond acceptors (Lipinski definition) is 6. The summed E-state index contributed by atoms with van der Waals surface area (Å²) in [5, 5.41) is 0.660. The summed E-state index contributed by atoms with van der Waals surface area (Å²) < 4.78 is 22.9. The van der Waals surface area contributed by atoms with Gasteiger partial charge in [-0.1, -0.05) is 15.9 Å². The van der Waals surface area contributed by atoms with Crippen molar-refractivity contribution in [3.8, 4) is 11.5 Å². The van der Waals surface area contributed by atoms with E-state index in [-0.39, 0.29) is 24.7 Å². The number of halogens is 1. The largest absolute Gasteiger partial charge is 0.489 e. The minimum Gasteiger partial charge on any atom is -0.489 e. The summed E-state index contributed by atoms with van der Waals surface area (Å²) in [4.78, 5) is 23.4. The lowest BCUT2D eigenvalue weighted by Gasteiger charge is -2.21. The van der Waals surface area contributed by atoms with Gasteiger partial charge in [-0.05, 0) is 37.3 Å². The van der Waals surface area contributed by atoms with E-state index in [1.807, 2.05) is 12.1 Å². The standard InChI is InChI=1S/C20H15BrO6/c1-11(22)17-6-12-2-3-16(7-18(12)27-20(17)23)25-9-14-5-15(21)4-13-8-24-10-26-19(13)14/h2-7H,8-10H2,1H3. The van der Waals surface area contributed by atoms with Gasteiger partial charge in [0.2, 0.25) is 0 Å². The summed E-state index contributed by atoms with van der Waals surface area (Å²) in [6, 6.07) is 10.6. The maximum absolute atomic E-state index is 11.9. The molecule has 0 aliphatic carbocycles. The third-order valence-electron chi connectivity index (χ3n) is 4.23. The Hall–Kier alpha value is -2.64. The molecule has 6 nitrogen and oxygen atoms in total. The van der Waals surface area contributed by atoms with E-state index in [1.54, 1.807) is 18.2 Å². The van der Waals surface area contributed by atoms with Crippen molar-refractivity contribution in [2.75, 3.05) is 6.79 Å². The van der Waals surface area contributed by atoms with Gasteiger partial charge in [-0.2, -0.15) is 0 Å². The molecule has 1 aliphatic heterocycles. The molecule has 0 amide bonds. The molecule has 0 bridgehead atoms. The summed E-state index contributed by atoms with van der Waals surface area (Å²) in [6.07, 6.45) is 0. The van der Waals surface area contributed by atoms with Crippen molar-refractivity contribution >= 4 is 32.7 Å². The Morgan fingerprint density at radius 2 is 2.07 bits per heavy atom. The summed E-state index contributed by atoms with van der Waals surface area (Å²) in [5.41, 5.74) is 1.59. The lowest BCUT2D eigenvalue weighted by atomic mass is 10.1. The summed E-state index contributed by atoms with van der Waals surface area (Å²) in [7, 11) is 0. The molecule has 0 fully saturated rings. The topological polar surface area (TPSA) is 75.0 Å². The van der Waals surface area contributed by atoms with Crippen molar-refractivity contribution < 1.29 is 23.4 Å². The highest BCUT2D eigenvalue weighted by molar-refractivity contribution is 9.10. The minimum atomic E-state index is -0.651. The fourth-order valence-electron chi connectivity index (χ4n) is 2.95. The third kappa shape index (κ3) is 3.61. The number of hydrogen-bond donors (Lipinski definition) is 0. The molecule has 27 heavy (non-hydrogen) atoms. The molecule has 0 spiro atoms. The number of carbonyl (C=O) groups is 1. The minimum absolute atomic E-state index is 0.0382. The van der Waals surface area contributed by atoms with E-state index in [0.29, 0.717) is 23.3 Å². The van der Waals surface area contributed by atoms with Gasteiger partial charge in [0.1, 0.15) is 29.3 Å². The molecule has 0 unspecified atom stereocenters. The molecule has 0 N–H and O–H groups in total. The number of carbonyl (C=O) groups excluding carboxylic acids is 1. The zero-order valence-electron chi connectivity index (χ0n) is 14.4. The van der Waals surface area contributed by atoms with Crippen molar-refractivity contribution in [3.63, 3.8) is 0 Å². The Labute approximate surface area is 162 Å². The van der Waals surface area contributed by atoms with Crippen LogP contribution in [0.1, 0.15) is 28.4 Å². The fraction of sp³-hybridized carbons (Fsp3) is 0.200. The number of ketones is 1. The van der Waals surface area contributed by atoms with Crippen LogP contribution in [0.3, 0.4) is 0 Å². The van der Waals surface area contributed by atoms with E-state index in [4.69, 9.17) is 18.6 Å². The van der Waals surface area contributed by atoms with Crippen LogP contribution in [0, 0.1) is 0 Å². The highest BCUT2D eigenvalue weighted by Crippen LogP contribution is 2.32. The monoisotopic (exact) mass is 430 g/mol. The Kier molecular flexibility index (Phi) is 4.72. The number of Topliss-reactive ketones (excluding diaryl/α,β-unsaturated/α-hetero) is 1. The Morgan fingerprint density at radius 3 is 2.89 bits per heavy atom. The van der Waals surface area contributed by atoms with Crippen molar-refractivity contribution in [1.82, 2.24) is 0 Å². The first-order chi connectivity index (χ1) is 13.0. The predicted octanol–water partition coefficient (Wildman–Crippen LogP) is 4.20. The number of fused-ring (bicyclic) bond motifs is 2. The molecule has 1 aromatic heterocycles. The second-order valence-corrected chi connectivity index (χ2v) is 7.07. The van der Waals surface area contributed by atoms with Crippen molar-refractivity contribution in [2.45, 2.75) is 20.1 Å². The Balaban J connectivity index is 1.61. The van der Waals surface area contributed by atoms with Crippen LogP contribution in [0.15, 0.2) is 50.1 Å². The molecule has 3 aromatic rings. The maximum Gasteiger partial charge on any atom is 0.347 e. The first kappa shape index (κ1) is 17.8. The smallest absolute Gasteiger partial charge is 0.347 e. The van der Waals surface area contributed by atoms with Crippen LogP contribution in [0.25, 0.3) is 11.0 Å². The van der Waals surface area contributed by atoms with E-state index in [0.717, 1.165) is 21.3 Å². The lowest BCUT2D eigenvalue weighted by molar-refractivity contribution is -0.0176. The van der Waals surface area contributed by atoms with Gasteiger partial charge in [-0.25, -0.2) is 4.79 Å². The zero-order chi connectivity index (χ0) is 19.0. The van der Waals surface area contributed by atoms with Crippen LogP contribution in [-0.4, -0.2) is 12.6 Å². The van der Waals surface area contributed by atoms with Crippen LogP contribution in [0.5, 0.6) is 11.5 Å². The van der Waals surface area contributed by atoms with Crippen molar-refractivity contribution in [1.29, 1.82) is 0 Å². The van der Waals surface area contributed by atoms with Crippen LogP contribution in [0.4, 0.5) is 0 Å². The van der Waals surface area contributed by atoms with E-state index in [2.05, 4.69) is 15.9 Å². The maximum atomic E-state index is 11.9. The van der Waals surface area contributed by atoms with Gasteiger partial charge in [-0.3, -0.25) is 4.79 Å². The number of ether oxygens (including phenoxy) is 3. The van der Waals surface area contributed by atoms with Gasteiger partial charge in [0.15, 0.2) is 12.6 Å². The number of benzene rings is 2. The van der Waals surface area contributed by atoms with Gasteiger partial charge in [0.25, 0.3) is 0 Å². The lowest BCUT2D eigenvalue weighted by Crippen LogP contribution is -2.14. The van der Waals surface area contributed by atoms with Crippen LogP contribution in [0.2, 0.25) is 0 Å². The average Bonchev–Trinajstić information content (AvgIpc) is 2.65. The molecule has 2 aromatic carbocycles. The normalized spacial score (nSPS) is 13.1. The van der Waals surface area contributed by atoms with Crippen LogP contribution >= 0.6 is 15.9 Å².